The first-order valence-corrected chi connectivity index (χ1v) is 9.10. The first-order chi connectivity index (χ1) is 12.6. The molecule has 130 valence electrons. The zero-order valence-electron chi connectivity index (χ0n) is 14.3. The molecule has 1 atom stereocenters. The van der Waals surface area contributed by atoms with E-state index in [4.69, 9.17) is 10.7 Å². The molecule has 1 aliphatic rings. The van der Waals surface area contributed by atoms with Gasteiger partial charge in [-0.1, -0.05) is 60.3 Å². The van der Waals surface area contributed by atoms with Crippen LogP contribution in [0.15, 0.2) is 70.9 Å². The molecule has 3 rings (SSSR count). The third-order valence-electron chi connectivity index (χ3n) is 4.10. The molecule has 1 amide bonds. The summed E-state index contributed by atoms with van der Waals surface area (Å²) in [5.74, 6) is 0.127. The molecule has 1 heterocycles. The normalized spacial score (nSPS) is 16.5. The van der Waals surface area contributed by atoms with Crippen LogP contribution in [0.25, 0.3) is 0 Å². The van der Waals surface area contributed by atoms with Crippen molar-refractivity contribution in [1.29, 1.82) is 5.26 Å². The van der Waals surface area contributed by atoms with E-state index in [2.05, 4.69) is 11.4 Å². The molecule has 6 heteroatoms. The number of hydrogen-bond acceptors (Lipinski definition) is 5. The summed E-state index contributed by atoms with van der Waals surface area (Å²) in [5, 5.41) is 13.1. The Morgan fingerprint density at radius 1 is 1.23 bits per heavy atom. The number of carbonyl (C=O) groups is 1. The fraction of sp³-hybridized carbons (Fsp3) is 0.150. The van der Waals surface area contributed by atoms with Crippen LogP contribution in [0.4, 0.5) is 0 Å². The smallest absolute Gasteiger partial charge is 0.248 e. The Hall–Kier alpha value is -3.04. The van der Waals surface area contributed by atoms with E-state index in [9.17, 15) is 10.1 Å². The zero-order chi connectivity index (χ0) is 18.5. The minimum atomic E-state index is -0.480. The van der Waals surface area contributed by atoms with Crippen molar-refractivity contribution >= 4 is 22.8 Å². The number of amidine groups is 1. The van der Waals surface area contributed by atoms with Crippen molar-refractivity contribution in [3.05, 3.63) is 82.6 Å². The fourth-order valence-electron chi connectivity index (χ4n) is 2.82. The minimum Gasteiger partial charge on any atom is -0.366 e. The lowest BCUT2D eigenvalue weighted by atomic mass is 9.96. The largest absolute Gasteiger partial charge is 0.366 e. The number of thioether (sulfide) groups is 1. The Morgan fingerprint density at radius 2 is 1.92 bits per heavy atom. The van der Waals surface area contributed by atoms with Crippen LogP contribution in [0.2, 0.25) is 0 Å². The lowest BCUT2D eigenvalue weighted by Crippen LogP contribution is -2.32. The number of hydrogen-bond donors (Lipinski definition) is 2. The molecule has 2 aromatic rings. The molecular formula is C20H18N4OS. The number of allylic oxidation sites excluding steroid dienone is 1. The molecule has 0 saturated heterocycles. The van der Waals surface area contributed by atoms with Gasteiger partial charge in [-0.25, -0.2) is 4.99 Å². The highest BCUT2D eigenvalue weighted by Crippen LogP contribution is 2.32. The molecule has 0 aliphatic carbocycles. The van der Waals surface area contributed by atoms with Gasteiger partial charge >= 0.3 is 0 Å². The Bertz CT molecular complexity index is 928. The summed E-state index contributed by atoms with van der Waals surface area (Å²) in [6.45, 7) is 1.83. The van der Waals surface area contributed by atoms with Gasteiger partial charge in [-0.15, -0.1) is 0 Å². The number of nitrogens with one attached hydrogen (secondary N) is 1. The summed E-state index contributed by atoms with van der Waals surface area (Å²) in [5.41, 5.74) is 9.28. The van der Waals surface area contributed by atoms with E-state index in [1.807, 2.05) is 55.5 Å². The SMILES string of the molecule is CC1=C(C(N)=O)C(c2ccccc2)N=C(SCc2ccccc2C#N)N1. The fourth-order valence-corrected chi connectivity index (χ4v) is 3.77. The average molecular weight is 362 g/mol. The highest BCUT2D eigenvalue weighted by atomic mass is 32.2. The quantitative estimate of drug-likeness (QED) is 0.873. The van der Waals surface area contributed by atoms with Gasteiger partial charge in [-0.3, -0.25) is 4.79 Å². The van der Waals surface area contributed by atoms with Gasteiger partial charge < -0.3 is 11.1 Å². The van der Waals surface area contributed by atoms with E-state index in [0.717, 1.165) is 11.1 Å². The molecule has 0 radical (unpaired) electrons. The van der Waals surface area contributed by atoms with Crippen LogP contribution >= 0.6 is 11.8 Å². The van der Waals surface area contributed by atoms with Crippen molar-refractivity contribution in [2.75, 3.05) is 0 Å². The monoisotopic (exact) mass is 362 g/mol. The second kappa shape index (κ2) is 7.89. The van der Waals surface area contributed by atoms with E-state index < -0.39 is 11.9 Å². The van der Waals surface area contributed by atoms with Gasteiger partial charge in [0.2, 0.25) is 5.91 Å². The van der Waals surface area contributed by atoms with Crippen molar-refractivity contribution in [3.63, 3.8) is 0 Å². The molecule has 0 bridgehead atoms. The molecule has 0 saturated carbocycles. The number of aliphatic imine (C=N–C) groups is 1. The number of rotatable bonds is 4. The summed E-state index contributed by atoms with van der Waals surface area (Å²) in [7, 11) is 0. The molecule has 0 fully saturated rings. The Kier molecular flexibility index (Phi) is 5.40. The second-order valence-electron chi connectivity index (χ2n) is 5.83. The van der Waals surface area contributed by atoms with Crippen LogP contribution < -0.4 is 11.1 Å². The van der Waals surface area contributed by atoms with Crippen LogP contribution in [0.3, 0.4) is 0 Å². The third kappa shape index (κ3) is 3.79. The van der Waals surface area contributed by atoms with Crippen LogP contribution in [0.1, 0.15) is 29.7 Å². The molecule has 3 N–H and O–H groups in total. The lowest BCUT2D eigenvalue weighted by molar-refractivity contribution is -0.114. The maximum Gasteiger partial charge on any atom is 0.248 e. The van der Waals surface area contributed by atoms with E-state index in [1.54, 1.807) is 6.07 Å². The third-order valence-corrected chi connectivity index (χ3v) is 5.04. The number of carbonyl (C=O) groups excluding carboxylic acids is 1. The first-order valence-electron chi connectivity index (χ1n) is 8.11. The molecule has 26 heavy (non-hydrogen) atoms. The summed E-state index contributed by atoms with van der Waals surface area (Å²) in [6.07, 6.45) is 0. The van der Waals surface area contributed by atoms with Gasteiger partial charge in [0.1, 0.15) is 6.04 Å². The molecule has 2 aromatic carbocycles. The summed E-state index contributed by atoms with van der Waals surface area (Å²) in [6, 6.07) is 18.9. The lowest BCUT2D eigenvalue weighted by Gasteiger charge is -2.25. The number of nitrogens with two attached hydrogens (primary N) is 1. The molecular weight excluding hydrogens is 344 g/mol. The van der Waals surface area contributed by atoms with Crippen LogP contribution in [0, 0.1) is 11.3 Å². The van der Waals surface area contributed by atoms with E-state index >= 15 is 0 Å². The summed E-state index contributed by atoms with van der Waals surface area (Å²) in [4.78, 5) is 16.6. The Balaban J connectivity index is 1.87. The maximum absolute atomic E-state index is 11.9. The van der Waals surface area contributed by atoms with Crippen LogP contribution in [-0.4, -0.2) is 11.1 Å². The number of amides is 1. The number of nitriles is 1. The van der Waals surface area contributed by atoms with Crippen LogP contribution in [0.5, 0.6) is 0 Å². The summed E-state index contributed by atoms with van der Waals surface area (Å²) >= 11 is 1.50. The predicted molar refractivity (Wildman–Crippen MR) is 104 cm³/mol. The standard InChI is InChI=1S/C20H18N4OS/c1-13-17(19(22)25)18(14-7-3-2-4-8-14)24-20(23-13)26-12-16-10-6-5-9-15(16)11-21/h2-10,18H,12H2,1H3,(H2,22,25)(H,23,24). The molecule has 0 spiro atoms. The van der Waals surface area contributed by atoms with Crippen molar-refractivity contribution in [2.45, 2.75) is 18.7 Å². The Morgan fingerprint density at radius 3 is 2.62 bits per heavy atom. The molecule has 0 aromatic heterocycles. The van der Waals surface area contributed by atoms with Gasteiger partial charge in [-0.05, 0) is 24.1 Å². The van der Waals surface area contributed by atoms with Gasteiger partial charge in [-0.2, -0.15) is 5.26 Å². The van der Waals surface area contributed by atoms with Gasteiger partial charge in [0.15, 0.2) is 5.17 Å². The van der Waals surface area contributed by atoms with Crippen molar-refractivity contribution < 1.29 is 4.79 Å². The van der Waals surface area contributed by atoms with Crippen molar-refractivity contribution in [3.8, 4) is 6.07 Å². The highest BCUT2D eigenvalue weighted by molar-refractivity contribution is 8.13. The van der Waals surface area contributed by atoms with E-state index in [1.165, 1.54) is 11.8 Å². The van der Waals surface area contributed by atoms with Gasteiger partial charge in [0.05, 0.1) is 17.2 Å². The molecule has 1 unspecified atom stereocenters. The molecule has 1 aliphatic heterocycles. The zero-order valence-corrected chi connectivity index (χ0v) is 15.1. The van der Waals surface area contributed by atoms with Crippen molar-refractivity contribution in [2.24, 2.45) is 10.7 Å². The number of benzene rings is 2. The Labute approximate surface area is 156 Å². The first kappa shape index (κ1) is 17.8. The second-order valence-corrected chi connectivity index (χ2v) is 6.80. The topological polar surface area (TPSA) is 91.3 Å². The van der Waals surface area contributed by atoms with Crippen LogP contribution in [-0.2, 0) is 10.5 Å². The average Bonchev–Trinajstić information content (AvgIpc) is 2.66. The van der Waals surface area contributed by atoms with E-state index in [0.29, 0.717) is 27.8 Å². The highest BCUT2D eigenvalue weighted by Gasteiger charge is 2.27. The van der Waals surface area contributed by atoms with E-state index in [-0.39, 0.29) is 0 Å². The predicted octanol–water partition coefficient (Wildman–Crippen LogP) is 3.25. The number of nitrogens with zero attached hydrogens (tertiary/aromatic N) is 2. The van der Waals surface area contributed by atoms with Gasteiger partial charge in [0, 0.05) is 11.4 Å². The minimum absolute atomic E-state index is 0.427. The van der Waals surface area contributed by atoms with Gasteiger partial charge in [0.25, 0.3) is 0 Å². The molecule has 5 nitrogen and oxygen atoms in total. The number of primary amides is 1. The summed E-state index contributed by atoms with van der Waals surface area (Å²) < 4.78 is 0. The van der Waals surface area contributed by atoms with Crippen molar-refractivity contribution in [1.82, 2.24) is 5.32 Å². The maximum atomic E-state index is 11.9.